The standard InChI is InChI=1S/C24H29ClN6O3/c1-29(2)24(33)30(3)14-17-7-9-18(10-8-17)15-31-16-21(22(26)28-31)23(32)27-11-12-34-20-6-4-5-19(25)13-20/h4-10,13,16H,11-12,14-15H2,1-3H3,(H2,26,28)(H,27,32). The monoisotopic (exact) mass is 484 g/mol. The molecule has 3 amide bonds. The van der Waals surface area contributed by atoms with Crippen LogP contribution in [0.25, 0.3) is 0 Å². The molecule has 0 aliphatic heterocycles. The summed E-state index contributed by atoms with van der Waals surface area (Å²) in [6.45, 7) is 1.57. The number of nitrogens with two attached hydrogens (primary N) is 1. The molecule has 1 aromatic heterocycles. The maximum Gasteiger partial charge on any atom is 0.319 e. The van der Waals surface area contributed by atoms with Crippen molar-refractivity contribution >= 4 is 29.4 Å². The number of anilines is 1. The second kappa shape index (κ2) is 11.4. The van der Waals surface area contributed by atoms with E-state index in [9.17, 15) is 9.59 Å². The Balaban J connectivity index is 1.51. The summed E-state index contributed by atoms with van der Waals surface area (Å²) in [6, 6.07) is 14.9. The van der Waals surface area contributed by atoms with E-state index in [0.29, 0.717) is 42.6 Å². The number of halogens is 1. The molecule has 2 aromatic carbocycles. The predicted octanol–water partition coefficient (Wildman–Crippen LogP) is 3.09. The van der Waals surface area contributed by atoms with Crippen molar-refractivity contribution in [3.63, 3.8) is 0 Å². The highest BCUT2D eigenvalue weighted by atomic mass is 35.5. The molecule has 0 radical (unpaired) electrons. The number of nitrogens with zero attached hydrogens (tertiary/aromatic N) is 4. The molecule has 0 bridgehead atoms. The van der Waals surface area contributed by atoms with Gasteiger partial charge < -0.3 is 25.6 Å². The quantitative estimate of drug-likeness (QED) is 0.454. The van der Waals surface area contributed by atoms with E-state index in [0.717, 1.165) is 11.1 Å². The van der Waals surface area contributed by atoms with Crippen LogP contribution in [-0.2, 0) is 13.1 Å². The van der Waals surface area contributed by atoms with Gasteiger partial charge in [-0.3, -0.25) is 9.48 Å². The number of benzene rings is 2. The first-order valence-corrected chi connectivity index (χ1v) is 11.1. The summed E-state index contributed by atoms with van der Waals surface area (Å²) in [5.74, 6) is 0.479. The van der Waals surface area contributed by atoms with Crippen LogP contribution in [0.3, 0.4) is 0 Å². The van der Waals surface area contributed by atoms with Gasteiger partial charge in [-0.15, -0.1) is 0 Å². The topological polar surface area (TPSA) is 106 Å². The zero-order chi connectivity index (χ0) is 24.7. The van der Waals surface area contributed by atoms with Crippen LogP contribution in [0.2, 0.25) is 5.02 Å². The highest BCUT2D eigenvalue weighted by Crippen LogP contribution is 2.17. The first-order chi connectivity index (χ1) is 16.2. The van der Waals surface area contributed by atoms with Gasteiger partial charge in [-0.2, -0.15) is 5.10 Å². The van der Waals surface area contributed by atoms with Crippen molar-refractivity contribution in [3.05, 3.63) is 76.4 Å². The Morgan fingerprint density at radius 3 is 2.50 bits per heavy atom. The number of hydrogen-bond donors (Lipinski definition) is 2. The molecule has 0 aliphatic rings. The minimum Gasteiger partial charge on any atom is -0.492 e. The molecule has 0 saturated carbocycles. The van der Waals surface area contributed by atoms with Crippen LogP contribution in [0.4, 0.5) is 10.6 Å². The summed E-state index contributed by atoms with van der Waals surface area (Å²) in [5, 5.41) is 7.62. The van der Waals surface area contributed by atoms with Gasteiger partial charge in [0.1, 0.15) is 17.9 Å². The lowest BCUT2D eigenvalue weighted by molar-refractivity contribution is 0.0947. The van der Waals surface area contributed by atoms with Gasteiger partial charge in [0, 0.05) is 38.9 Å². The van der Waals surface area contributed by atoms with E-state index >= 15 is 0 Å². The molecule has 3 rings (SSSR count). The minimum atomic E-state index is -0.317. The van der Waals surface area contributed by atoms with E-state index in [-0.39, 0.29) is 17.8 Å². The highest BCUT2D eigenvalue weighted by Gasteiger charge is 2.15. The third-order valence-corrected chi connectivity index (χ3v) is 5.22. The smallest absolute Gasteiger partial charge is 0.319 e. The zero-order valence-corrected chi connectivity index (χ0v) is 20.2. The Morgan fingerprint density at radius 2 is 1.82 bits per heavy atom. The van der Waals surface area contributed by atoms with Crippen molar-refractivity contribution in [1.82, 2.24) is 24.9 Å². The first kappa shape index (κ1) is 24.9. The molecule has 0 saturated heterocycles. The van der Waals surface area contributed by atoms with E-state index in [1.54, 1.807) is 61.2 Å². The van der Waals surface area contributed by atoms with E-state index in [1.165, 1.54) is 4.90 Å². The highest BCUT2D eigenvalue weighted by molar-refractivity contribution is 6.30. The molecule has 3 aromatic rings. The number of carbonyl (C=O) groups excluding carboxylic acids is 2. The molecule has 0 spiro atoms. The zero-order valence-electron chi connectivity index (χ0n) is 19.5. The molecule has 1 heterocycles. The fraction of sp³-hybridized carbons (Fsp3) is 0.292. The van der Waals surface area contributed by atoms with Gasteiger partial charge >= 0.3 is 6.03 Å². The molecule has 0 atom stereocenters. The maximum absolute atomic E-state index is 12.5. The fourth-order valence-electron chi connectivity index (χ4n) is 3.30. The summed E-state index contributed by atoms with van der Waals surface area (Å²) < 4.78 is 7.20. The Kier molecular flexibility index (Phi) is 8.37. The largest absolute Gasteiger partial charge is 0.492 e. The lowest BCUT2D eigenvalue weighted by Crippen LogP contribution is -2.35. The Bertz CT molecular complexity index is 1130. The average molecular weight is 485 g/mol. The van der Waals surface area contributed by atoms with Crippen molar-refractivity contribution in [2.45, 2.75) is 13.1 Å². The van der Waals surface area contributed by atoms with Crippen molar-refractivity contribution in [2.24, 2.45) is 0 Å². The van der Waals surface area contributed by atoms with Crippen LogP contribution >= 0.6 is 11.6 Å². The molecule has 0 aliphatic carbocycles. The van der Waals surface area contributed by atoms with Gasteiger partial charge in [-0.25, -0.2) is 4.79 Å². The second-order valence-corrected chi connectivity index (χ2v) is 8.47. The number of ether oxygens (including phenoxy) is 1. The van der Waals surface area contributed by atoms with Crippen LogP contribution in [0.5, 0.6) is 5.75 Å². The normalized spacial score (nSPS) is 10.6. The summed E-state index contributed by atoms with van der Waals surface area (Å²) >= 11 is 5.93. The van der Waals surface area contributed by atoms with Crippen molar-refractivity contribution in [3.8, 4) is 5.75 Å². The van der Waals surface area contributed by atoms with E-state index in [4.69, 9.17) is 22.1 Å². The Labute approximate surface area is 204 Å². The lowest BCUT2D eigenvalue weighted by atomic mass is 10.1. The van der Waals surface area contributed by atoms with Crippen molar-refractivity contribution in [1.29, 1.82) is 0 Å². The van der Waals surface area contributed by atoms with Crippen LogP contribution < -0.4 is 15.8 Å². The fourth-order valence-corrected chi connectivity index (χ4v) is 3.48. The van der Waals surface area contributed by atoms with Gasteiger partial charge in [0.2, 0.25) is 0 Å². The van der Waals surface area contributed by atoms with E-state index in [2.05, 4.69) is 10.4 Å². The van der Waals surface area contributed by atoms with Crippen LogP contribution in [0, 0.1) is 0 Å². The SMILES string of the molecule is CN(C)C(=O)N(C)Cc1ccc(Cn2cc(C(=O)NCCOc3cccc(Cl)c3)c(N)n2)cc1. The predicted molar refractivity (Wildman–Crippen MR) is 132 cm³/mol. The molecule has 34 heavy (non-hydrogen) atoms. The summed E-state index contributed by atoms with van der Waals surface area (Å²) in [6.07, 6.45) is 1.62. The number of urea groups is 1. The number of nitrogens with one attached hydrogen (secondary N) is 1. The third-order valence-electron chi connectivity index (χ3n) is 4.98. The average Bonchev–Trinajstić information content (AvgIpc) is 3.17. The number of amides is 3. The summed E-state index contributed by atoms with van der Waals surface area (Å²) in [7, 11) is 5.21. The number of carbonyl (C=O) groups is 2. The number of hydrogen-bond acceptors (Lipinski definition) is 5. The maximum atomic E-state index is 12.5. The third kappa shape index (κ3) is 6.89. The number of nitrogen functional groups attached to an aromatic ring is 1. The first-order valence-electron chi connectivity index (χ1n) is 10.7. The van der Waals surface area contributed by atoms with Gasteiger partial charge in [0.05, 0.1) is 13.1 Å². The Morgan fingerprint density at radius 1 is 1.12 bits per heavy atom. The number of aromatic nitrogens is 2. The molecule has 0 unspecified atom stereocenters. The molecular formula is C24H29ClN6O3. The van der Waals surface area contributed by atoms with Gasteiger partial charge in [0.25, 0.3) is 5.91 Å². The van der Waals surface area contributed by atoms with E-state index < -0.39 is 0 Å². The molecule has 3 N–H and O–H groups in total. The molecule has 0 fully saturated rings. The lowest BCUT2D eigenvalue weighted by Gasteiger charge is -2.21. The molecular weight excluding hydrogens is 456 g/mol. The second-order valence-electron chi connectivity index (χ2n) is 8.04. The molecule has 180 valence electrons. The van der Waals surface area contributed by atoms with Gasteiger partial charge in [-0.05, 0) is 29.3 Å². The van der Waals surface area contributed by atoms with Gasteiger partial charge in [-0.1, -0.05) is 41.9 Å². The van der Waals surface area contributed by atoms with Crippen LogP contribution in [0.15, 0.2) is 54.7 Å². The van der Waals surface area contributed by atoms with Gasteiger partial charge in [0.15, 0.2) is 5.82 Å². The van der Waals surface area contributed by atoms with E-state index in [1.807, 2.05) is 24.3 Å². The van der Waals surface area contributed by atoms with Crippen molar-refractivity contribution < 1.29 is 14.3 Å². The molecule has 9 nitrogen and oxygen atoms in total. The van der Waals surface area contributed by atoms with Crippen LogP contribution in [-0.4, -0.2) is 65.8 Å². The minimum absolute atomic E-state index is 0.0575. The number of rotatable bonds is 9. The van der Waals surface area contributed by atoms with Crippen molar-refractivity contribution in [2.75, 3.05) is 40.0 Å². The Hall–Kier alpha value is -3.72. The summed E-state index contributed by atoms with van der Waals surface area (Å²) in [4.78, 5) is 27.7. The molecule has 10 heteroatoms. The summed E-state index contributed by atoms with van der Waals surface area (Å²) in [5.41, 5.74) is 8.28. The van der Waals surface area contributed by atoms with Crippen LogP contribution in [0.1, 0.15) is 21.5 Å².